The fourth-order valence-corrected chi connectivity index (χ4v) is 2.99. The molecule has 0 amide bonds. The van der Waals surface area contributed by atoms with Crippen LogP contribution < -0.4 is 0 Å². The first-order valence-corrected chi connectivity index (χ1v) is 7.60. The van der Waals surface area contributed by atoms with Crippen molar-refractivity contribution in [3.63, 3.8) is 0 Å². The van der Waals surface area contributed by atoms with Gasteiger partial charge in [-0.1, -0.05) is 24.3 Å². The second-order valence-electron chi connectivity index (χ2n) is 4.56. The Bertz CT molecular complexity index is 626. The highest BCUT2D eigenvalue weighted by molar-refractivity contribution is 7.91. The van der Waals surface area contributed by atoms with Gasteiger partial charge in [-0.05, 0) is 19.1 Å². The van der Waals surface area contributed by atoms with Gasteiger partial charge in [-0.25, -0.2) is 8.42 Å². The molecule has 0 radical (unpaired) electrons. The summed E-state index contributed by atoms with van der Waals surface area (Å²) in [5, 5.41) is 8.50. The molecule has 1 aromatic carbocycles. The Hall–Kier alpha value is -1.95. The monoisotopic (exact) mass is 296 g/mol. The third-order valence-electron chi connectivity index (χ3n) is 2.54. The van der Waals surface area contributed by atoms with Gasteiger partial charge in [0.2, 0.25) is 0 Å². The van der Waals surface area contributed by atoms with Gasteiger partial charge in [0, 0.05) is 12.0 Å². The molecular formula is C14H16O5S. The normalized spacial score (nSPS) is 11.1. The van der Waals surface area contributed by atoms with Crippen molar-refractivity contribution >= 4 is 21.6 Å². The standard InChI is InChI=1S/C14H16O5S/c1-10(2)9-20(18,19)12-5-3-11(4-6-12)13(15)7-8-14(16)17/h3-6H,1,7-9H2,2H3,(H,16,17). The zero-order chi connectivity index (χ0) is 15.3. The van der Waals surface area contributed by atoms with Crippen molar-refractivity contribution in [1.82, 2.24) is 0 Å². The molecule has 0 atom stereocenters. The average molecular weight is 296 g/mol. The molecule has 108 valence electrons. The van der Waals surface area contributed by atoms with Crippen molar-refractivity contribution in [2.24, 2.45) is 0 Å². The highest BCUT2D eigenvalue weighted by Gasteiger charge is 2.15. The number of hydrogen-bond donors (Lipinski definition) is 1. The maximum Gasteiger partial charge on any atom is 0.303 e. The summed E-state index contributed by atoms with van der Waals surface area (Å²) in [6, 6.07) is 5.50. The van der Waals surface area contributed by atoms with E-state index in [1.165, 1.54) is 24.3 Å². The lowest BCUT2D eigenvalue weighted by atomic mass is 10.1. The maximum absolute atomic E-state index is 11.9. The van der Waals surface area contributed by atoms with Crippen LogP contribution in [0.3, 0.4) is 0 Å². The van der Waals surface area contributed by atoms with Crippen molar-refractivity contribution in [3.8, 4) is 0 Å². The lowest BCUT2D eigenvalue weighted by Crippen LogP contribution is -2.08. The number of carboxylic acids is 1. The van der Waals surface area contributed by atoms with Crippen LogP contribution in [0.4, 0.5) is 0 Å². The van der Waals surface area contributed by atoms with E-state index in [-0.39, 0.29) is 29.3 Å². The molecule has 0 aliphatic heterocycles. The number of carboxylic acid groups (broad SMARTS) is 1. The van der Waals surface area contributed by atoms with Gasteiger partial charge in [0.25, 0.3) is 0 Å². The van der Waals surface area contributed by atoms with Crippen molar-refractivity contribution in [2.75, 3.05) is 5.75 Å². The lowest BCUT2D eigenvalue weighted by Gasteiger charge is -2.05. The second-order valence-corrected chi connectivity index (χ2v) is 6.55. The van der Waals surface area contributed by atoms with Crippen LogP contribution in [0.1, 0.15) is 30.1 Å². The zero-order valence-electron chi connectivity index (χ0n) is 11.1. The van der Waals surface area contributed by atoms with E-state index in [0.717, 1.165) is 0 Å². The van der Waals surface area contributed by atoms with Crippen LogP contribution >= 0.6 is 0 Å². The van der Waals surface area contributed by atoms with Crippen molar-refractivity contribution in [1.29, 1.82) is 0 Å². The largest absolute Gasteiger partial charge is 0.481 e. The van der Waals surface area contributed by atoms with Crippen molar-refractivity contribution < 1.29 is 23.1 Å². The summed E-state index contributed by atoms with van der Waals surface area (Å²) in [4.78, 5) is 22.2. The molecule has 0 bridgehead atoms. The van der Waals surface area contributed by atoms with Crippen LogP contribution in [-0.4, -0.2) is 31.0 Å². The number of carbonyl (C=O) groups is 2. The van der Waals surface area contributed by atoms with Gasteiger partial charge in [-0.2, -0.15) is 0 Å². The molecule has 0 aromatic heterocycles. The van der Waals surface area contributed by atoms with Gasteiger partial charge in [0.05, 0.1) is 17.1 Å². The molecule has 0 heterocycles. The summed E-state index contributed by atoms with van der Waals surface area (Å²) < 4.78 is 23.8. The highest BCUT2D eigenvalue weighted by Crippen LogP contribution is 2.15. The predicted octanol–water partition coefficient (Wildman–Crippen LogP) is 2.08. The summed E-state index contributed by atoms with van der Waals surface area (Å²) in [5.41, 5.74) is 0.840. The van der Waals surface area contributed by atoms with E-state index in [4.69, 9.17) is 5.11 Å². The first-order valence-electron chi connectivity index (χ1n) is 5.94. The second kappa shape index (κ2) is 6.47. The Morgan fingerprint density at radius 1 is 1.15 bits per heavy atom. The van der Waals surface area contributed by atoms with E-state index in [0.29, 0.717) is 11.1 Å². The van der Waals surface area contributed by atoms with E-state index in [1.807, 2.05) is 0 Å². The van der Waals surface area contributed by atoms with Gasteiger partial charge in [0.15, 0.2) is 15.6 Å². The number of rotatable bonds is 7. The average Bonchev–Trinajstić information content (AvgIpc) is 2.34. The molecule has 0 spiro atoms. The Morgan fingerprint density at radius 3 is 2.15 bits per heavy atom. The molecule has 0 unspecified atom stereocenters. The van der Waals surface area contributed by atoms with E-state index in [9.17, 15) is 18.0 Å². The summed E-state index contributed by atoms with van der Waals surface area (Å²) in [7, 11) is -3.43. The summed E-state index contributed by atoms with van der Waals surface area (Å²) in [6.07, 6.45) is -0.345. The molecular weight excluding hydrogens is 280 g/mol. The number of benzene rings is 1. The SMILES string of the molecule is C=C(C)CS(=O)(=O)c1ccc(C(=O)CCC(=O)O)cc1. The van der Waals surface area contributed by atoms with E-state index < -0.39 is 15.8 Å². The van der Waals surface area contributed by atoms with Gasteiger partial charge >= 0.3 is 5.97 Å². The number of carbonyl (C=O) groups excluding carboxylic acids is 1. The Balaban J connectivity index is 2.86. The molecule has 5 nitrogen and oxygen atoms in total. The first-order chi connectivity index (χ1) is 9.22. The van der Waals surface area contributed by atoms with Gasteiger partial charge in [-0.3, -0.25) is 9.59 Å². The number of sulfone groups is 1. The number of ketones is 1. The number of aliphatic carboxylic acids is 1. The Kier molecular flexibility index (Phi) is 5.21. The molecule has 0 aliphatic carbocycles. The van der Waals surface area contributed by atoms with Crippen LogP contribution in [0.2, 0.25) is 0 Å². The quantitative estimate of drug-likeness (QED) is 0.614. The lowest BCUT2D eigenvalue weighted by molar-refractivity contribution is -0.136. The fraction of sp³-hybridized carbons (Fsp3) is 0.286. The summed E-state index contributed by atoms with van der Waals surface area (Å²) in [6.45, 7) is 5.19. The smallest absolute Gasteiger partial charge is 0.303 e. The molecule has 0 aliphatic rings. The van der Waals surface area contributed by atoms with Crippen LogP contribution in [0.25, 0.3) is 0 Å². The van der Waals surface area contributed by atoms with Crippen LogP contribution in [-0.2, 0) is 14.6 Å². The predicted molar refractivity (Wildman–Crippen MR) is 74.5 cm³/mol. The van der Waals surface area contributed by atoms with Gasteiger partial charge < -0.3 is 5.11 Å². The van der Waals surface area contributed by atoms with E-state index >= 15 is 0 Å². The molecule has 0 saturated carbocycles. The molecule has 1 N–H and O–H groups in total. The summed E-state index contributed by atoms with van der Waals surface area (Å²) in [5.74, 6) is -1.51. The highest BCUT2D eigenvalue weighted by atomic mass is 32.2. The first kappa shape index (κ1) is 16.1. The van der Waals surface area contributed by atoms with Crippen molar-refractivity contribution in [2.45, 2.75) is 24.7 Å². The third kappa shape index (κ3) is 4.62. The number of Topliss-reactive ketones (excluding diaryl/α,β-unsaturated/α-hetero) is 1. The van der Waals surface area contributed by atoms with Crippen LogP contribution in [0.15, 0.2) is 41.3 Å². The van der Waals surface area contributed by atoms with E-state index in [1.54, 1.807) is 6.92 Å². The van der Waals surface area contributed by atoms with Crippen molar-refractivity contribution in [3.05, 3.63) is 42.0 Å². The molecule has 1 aromatic rings. The van der Waals surface area contributed by atoms with E-state index in [2.05, 4.69) is 6.58 Å². The number of hydrogen-bond acceptors (Lipinski definition) is 4. The van der Waals surface area contributed by atoms with Crippen LogP contribution in [0.5, 0.6) is 0 Å². The minimum absolute atomic E-state index is 0.104. The van der Waals surface area contributed by atoms with Gasteiger partial charge in [0.1, 0.15) is 0 Å². The Morgan fingerprint density at radius 2 is 1.70 bits per heavy atom. The molecule has 20 heavy (non-hydrogen) atoms. The zero-order valence-corrected chi connectivity index (χ0v) is 11.9. The molecule has 0 saturated heterocycles. The topological polar surface area (TPSA) is 88.5 Å². The van der Waals surface area contributed by atoms with Crippen LogP contribution in [0, 0.1) is 0 Å². The fourth-order valence-electron chi connectivity index (χ4n) is 1.62. The minimum Gasteiger partial charge on any atom is -0.481 e. The molecule has 0 fully saturated rings. The molecule has 1 rings (SSSR count). The third-order valence-corrected chi connectivity index (χ3v) is 4.40. The summed E-state index contributed by atoms with van der Waals surface area (Å²) >= 11 is 0. The minimum atomic E-state index is -3.43. The van der Waals surface area contributed by atoms with Gasteiger partial charge in [-0.15, -0.1) is 0 Å². The Labute approximate surface area is 117 Å². The molecule has 6 heteroatoms. The maximum atomic E-state index is 11.9.